The molecule has 0 aliphatic carbocycles. The van der Waals surface area contributed by atoms with E-state index >= 15 is 0 Å². The Hall–Kier alpha value is -1.94. The second-order valence-corrected chi connectivity index (χ2v) is 5.29. The minimum Gasteiger partial charge on any atom is -0.352 e. The van der Waals surface area contributed by atoms with Crippen LogP contribution in [0, 0.1) is 0 Å². The van der Waals surface area contributed by atoms with Gasteiger partial charge < -0.3 is 4.98 Å². The zero-order valence-corrected chi connectivity index (χ0v) is 11.6. The summed E-state index contributed by atoms with van der Waals surface area (Å²) < 4.78 is 1.00. The summed E-state index contributed by atoms with van der Waals surface area (Å²) >= 11 is 3.43. The molecule has 1 N–H and O–H groups in total. The van der Waals surface area contributed by atoms with Crippen molar-refractivity contribution in [3.05, 3.63) is 64.5 Å². The Bertz CT molecular complexity index is 734. The zero-order chi connectivity index (χ0) is 13.2. The summed E-state index contributed by atoms with van der Waals surface area (Å²) in [7, 11) is 0. The summed E-state index contributed by atoms with van der Waals surface area (Å²) in [5.74, 6) is 0.0697. The Balaban J connectivity index is 1.89. The van der Waals surface area contributed by atoms with Gasteiger partial charge in [-0.3, -0.25) is 9.78 Å². The predicted molar refractivity (Wildman–Crippen MR) is 78.3 cm³/mol. The number of rotatable bonds is 3. The molecule has 1 aromatic carbocycles. The van der Waals surface area contributed by atoms with Gasteiger partial charge in [-0.2, -0.15) is 0 Å². The van der Waals surface area contributed by atoms with E-state index in [9.17, 15) is 4.79 Å². The lowest BCUT2D eigenvalue weighted by Gasteiger charge is -1.97. The number of nitrogens with zero attached hydrogens (tertiary/aromatic N) is 1. The van der Waals surface area contributed by atoms with Gasteiger partial charge in [-0.1, -0.05) is 22.0 Å². The molecule has 2 heterocycles. The van der Waals surface area contributed by atoms with Crippen molar-refractivity contribution >= 4 is 32.6 Å². The summed E-state index contributed by atoms with van der Waals surface area (Å²) in [5, 5.41) is 1.03. The maximum atomic E-state index is 12.2. The van der Waals surface area contributed by atoms with E-state index in [1.54, 1.807) is 12.4 Å². The summed E-state index contributed by atoms with van der Waals surface area (Å²) in [4.78, 5) is 19.4. The fraction of sp³-hybridized carbons (Fsp3) is 0.0667. The largest absolute Gasteiger partial charge is 0.352 e. The number of halogens is 1. The first-order valence-electron chi connectivity index (χ1n) is 5.93. The average molecular weight is 315 g/mol. The third-order valence-electron chi connectivity index (χ3n) is 2.97. The Morgan fingerprint density at radius 3 is 2.95 bits per heavy atom. The van der Waals surface area contributed by atoms with Crippen LogP contribution in [0.1, 0.15) is 16.1 Å². The van der Waals surface area contributed by atoms with Crippen molar-refractivity contribution in [2.24, 2.45) is 0 Å². The number of carbonyl (C=O) groups is 1. The van der Waals surface area contributed by atoms with Crippen molar-refractivity contribution in [3.63, 3.8) is 0 Å². The van der Waals surface area contributed by atoms with Gasteiger partial charge in [0.15, 0.2) is 5.78 Å². The number of hydrogen-bond donors (Lipinski definition) is 1. The molecular formula is C15H11BrN2O. The van der Waals surface area contributed by atoms with Crippen molar-refractivity contribution in [1.82, 2.24) is 9.97 Å². The fourth-order valence-electron chi connectivity index (χ4n) is 2.04. The van der Waals surface area contributed by atoms with E-state index in [2.05, 4.69) is 25.9 Å². The molecule has 0 fully saturated rings. The van der Waals surface area contributed by atoms with Crippen molar-refractivity contribution in [2.75, 3.05) is 0 Å². The van der Waals surface area contributed by atoms with Gasteiger partial charge in [0, 0.05) is 34.2 Å². The minimum atomic E-state index is 0.0697. The summed E-state index contributed by atoms with van der Waals surface area (Å²) in [6.07, 6.45) is 3.79. The van der Waals surface area contributed by atoms with E-state index < -0.39 is 0 Å². The van der Waals surface area contributed by atoms with Crippen LogP contribution >= 0.6 is 15.9 Å². The van der Waals surface area contributed by atoms with Crippen LogP contribution in [-0.4, -0.2) is 15.8 Å². The van der Waals surface area contributed by atoms with Crippen LogP contribution < -0.4 is 0 Å². The molecule has 0 saturated heterocycles. The van der Waals surface area contributed by atoms with Crippen molar-refractivity contribution in [3.8, 4) is 0 Å². The van der Waals surface area contributed by atoms with Crippen LogP contribution in [0.3, 0.4) is 0 Å². The highest BCUT2D eigenvalue weighted by Gasteiger charge is 2.10. The van der Waals surface area contributed by atoms with Crippen LogP contribution in [0.25, 0.3) is 10.9 Å². The first-order chi connectivity index (χ1) is 9.22. The monoisotopic (exact) mass is 314 g/mol. The van der Waals surface area contributed by atoms with Gasteiger partial charge in [0.05, 0.1) is 5.69 Å². The number of nitrogens with one attached hydrogen (secondary N) is 1. The number of H-pyrrole nitrogens is 1. The number of pyridine rings is 1. The Morgan fingerprint density at radius 2 is 2.16 bits per heavy atom. The third kappa shape index (κ3) is 2.58. The number of fused-ring (bicyclic) bond motifs is 1. The maximum Gasteiger partial charge on any atom is 0.183 e. The second-order valence-electron chi connectivity index (χ2n) is 4.38. The van der Waals surface area contributed by atoms with Gasteiger partial charge in [0.25, 0.3) is 0 Å². The van der Waals surface area contributed by atoms with Gasteiger partial charge in [-0.05, 0) is 35.9 Å². The van der Waals surface area contributed by atoms with Gasteiger partial charge in [0.2, 0.25) is 0 Å². The molecular weight excluding hydrogens is 304 g/mol. The smallest absolute Gasteiger partial charge is 0.183 e. The van der Waals surface area contributed by atoms with Gasteiger partial charge in [0.1, 0.15) is 0 Å². The van der Waals surface area contributed by atoms with E-state index in [4.69, 9.17) is 0 Å². The lowest BCUT2D eigenvalue weighted by atomic mass is 10.1. The molecule has 0 amide bonds. The van der Waals surface area contributed by atoms with Crippen molar-refractivity contribution < 1.29 is 4.79 Å². The molecule has 0 unspecified atom stereocenters. The highest BCUT2D eigenvalue weighted by atomic mass is 79.9. The average Bonchev–Trinajstić information content (AvgIpc) is 2.83. The quantitative estimate of drug-likeness (QED) is 0.748. The molecule has 3 nitrogen and oxygen atoms in total. The molecule has 3 rings (SSSR count). The molecule has 2 aromatic heterocycles. The van der Waals surface area contributed by atoms with E-state index in [1.165, 1.54) is 0 Å². The third-order valence-corrected chi connectivity index (χ3v) is 3.46. The zero-order valence-electron chi connectivity index (χ0n) is 10.1. The van der Waals surface area contributed by atoms with Crippen LogP contribution in [0.2, 0.25) is 0 Å². The Labute approximate surface area is 118 Å². The SMILES string of the molecule is O=C(Cc1cccnc1)c1cc2cc(Br)ccc2[nH]1. The number of Topliss-reactive ketones (excluding diaryl/α,β-unsaturated/α-hetero) is 1. The molecule has 4 heteroatoms. The number of benzene rings is 1. The van der Waals surface area contributed by atoms with Gasteiger partial charge in [-0.15, -0.1) is 0 Å². The van der Waals surface area contributed by atoms with Gasteiger partial charge in [-0.25, -0.2) is 0 Å². The fourth-order valence-corrected chi connectivity index (χ4v) is 2.42. The molecule has 0 saturated carbocycles. The first kappa shape index (κ1) is 12.1. The number of aromatic nitrogens is 2. The topological polar surface area (TPSA) is 45.8 Å². The molecule has 0 spiro atoms. The van der Waals surface area contributed by atoms with E-state index in [-0.39, 0.29) is 5.78 Å². The predicted octanol–water partition coefficient (Wildman–Crippen LogP) is 3.75. The highest BCUT2D eigenvalue weighted by molar-refractivity contribution is 9.10. The molecule has 3 aromatic rings. The molecule has 0 atom stereocenters. The lowest BCUT2D eigenvalue weighted by molar-refractivity contribution is 0.0989. The molecule has 94 valence electrons. The first-order valence-corrected chi connectivity index (χ1v) is 6.72. The molecule has 0 aliphatic rings. The standard InChI is InChI=1S/C15H11BrN2O/c16-12-3-4-13-11(7-12)8-14(18-13)15(19)6-10-2-1-5-17-9-10/h1-5,7-9,18H,6H2. The summed E-state index contributed by atoms with van der Waals surface area (Å²) in [6, 6.07) is 11.5. The summed E-state index contributed by atoms with van der Waals surface area (Å²) in [6.45, 7) is 0. The van der Waals surface area contributed by atoms with Crippen LogP contribution in [0.5, 0.6) is 0 Å². The number of ketones is 1. The van der Waals surface area contributed by atoms with Crippen LogP contribution in [0.15, 0.2) is 53.3 Å². The Kier molecular flexibility index (Phi) is 3.17. The van der Waals surface area contributed by atoms with Crippen LogP contribution in [0.4, 0.5) is 0 Å². The van der Waals surface area contributed by atoms with Crippen molar-refractivity contribution in [2.45, 2.75) is 6.42 Å². The molecule has 19 heavy (non-hydrogen) atoms. The number of hydrogen-bond acceptors (Lipinski definition) is 2. The normalized spacial score (nSPS) is 10.8. The molecule has 0 bridgehead atoms. The highest BCUT2D eigenvalue weighted by Crippen LogP contribution is 2.21. The molecule has 0 radical (unpaired) electrons. The van der Waals surface area contributed by atoms with E-state index in [1.807, 2.05) is 36.4 Å². The van der Waals surface area contributed by atoms with Gasteiger partial charge >= 0.3 is 0 Å². The van der Waals surface area contributed by atoms with Crippen molar-refractivity contribution in [1.29, 1.82) is 0 Å². The second kappa shape index (κ2) is 4.97. The lowest BCUT2D eigenvalue weighted by Crippen LogP contribution is -2.03. The molecule has 0 aliphatic heterocycles. The Morgan fingerprint density at radius 1 is 1.26 bits per heavy atom. The number of aromatic amines is 1. The minimum absolute atomic E-state index is 0.0697. The number of carbonyl (C=O) groups excluding carboxylic acids is 1. The summed E-state index contributed by atoms with van der Waals surface area (Å²) in [5.41, 5.74) is 2.53. The van der Waals surface area contributed by atoms with E-state index in [0.717, 1.165) is 20.9 Å². The van der Waals surface area contributed by atoms with E-state index in [0.29, 0.717) is 12.1 Å². The van der Waals surface area contributed by atoms with Crippen LogP contribution in [-0.2, 0) is 6.42 Å². The maximum absolute atomic E-state index is 12.2.